The van der Waals surface area contributed by atoms with Crippen LogP contribution < -0.4 is 11.1 Å². The van der Waals surface area contributed by atoms with Crippen LogP contribution in [0.1, 0.15) is 27.7 Å². The Hall–Kier alpha value is -0.160. The Bertz CT molecular complexity index is 98.3. The average Bonchev–Trinajstić information content (AvgIpc) is 2.06. The summed E-state index contributed by atoms with van der Waals surface area (Å²) in [5.74, 6) is -0.399. The van der Waals surface area contributed by atoms with Gasteiger partial charge in [-0.25, -0.2) is 0 Å². The minimum absolute atomic E-state index is 0.399. The molecule has 0 aliphatic heterocycles. The van der Waals surface area contributed by atoms with Gasteiger partial charge >= 0.3 is 0 Å². The van der Waals surface area contributed by atoms with Crippen molar-refractivity contribution >= 4 is 0 Å². The zero-order valence-electron chi connectivity index (χ0n) is 10.2. The monoisotopic (exact) mass is 206 g/mol. The van der Waals surface area contributed by atoms with Crippen LogP contribution in [0.2, 0.25) is 0 Å². The third-order valence-corrected chi connectivity index (χ3v) is 1.38. The Morgan fingerprint density at radius 3 is 1.71 bits per heavy atom. The quantitative estimate of drug-likeness (QED) is 0.636. The van der Waals surface area contributed by atoms with Gasteiger partial charge in [-0.05, 0) is 34.7 Å². The molecule has 88 valence electrons. The molecule has 0 bridgehead atoms. The van der Waals surface area contributed by atoms with Gasteiger partial charge in [0.05, 0.1) is 0 Å². The summed E-state index contributed by atoms with van der Waals surface area (Å²) in [5.41, 5.74) is 5.08. The molecule has 4 nitrogen and oxygen atoms in total. The molecule has 0 radical (unpaired) electrons. The smallest absolute Gasteiger partial charge is 0.162 e. The molecule has 0 unspecified atom stereocenters. The minimum Gasteiger partial charge on any atom is -0.351 e. The lowest BCUT2D eigenvalue weighted by atomic mass is 10.4. The molecule has 0 rings (SSSR count). The largest absolute Gasteiger partial charge is 0.351 e. The molecule has 0 aromatic carbocycles. The maximum absolute atomic E-state index is 5.25. The second-order valence-corrected chi connectivity index (χ2v) is 3.16. The van der Waals surface area contributed by atoms with Crippen molar-refractivity contribution in [1.29, 1.82) is 0 Å². The van der Waals surface area contributed by atoms with E-state index < -0.39 is 5.79 Å². The number of nitrogens with two attached hydrogens (primary N) is 1. The Kier molecular flexibility index (Phi) is 12.7. The number of ether oxygens (including phenoxy) is 2. The van der Waals surface area contributed by atoms with Crippen LogP contribution in [-0.4, -0.2) is 39.1 Å². The van der Waals surface area contributed by atoms with Crippen molar-refractivity contribution in [2.45, 2.75) is 33.5 Å². The van der Waals surface area contributed by atoms with Gasteiger partial charge in [-0.3, -0.25) is 0 Å². The Balaban J connectivity index is 0. The summed E-state index contributed by atoms with van der Waals surface area (Å²) in [6.45, 7) is 10.8. The van der Waals surface area contributed by atoms with E-state index in [0.29, 0.717) is 13.2 Å². The average molecular weight is 206 g/mol. The third-order valence-electron chi connectivity index (χ3n) is 1.38. The van der Waals surface area contributed by atoms with Crippen molar-refractivity contribution < 1.29 is 9.47 Å². The van der Waals surface area contributed by atoms with Gasteiger partial charge in [0.2, 0.25) is 0 Å². The maximum atomic E-state index is 5.25. The SMILES string of the molecule is CCOC(C)(C)OCC.CNCCN. The van der Waals surface area contributed by atoms with Crippen LogP contribution in [0.3, 0.4) is 0 Å². The summed E-state index contributed by atoms with van der Waals surface area (Å²) in [6.07, 6.45) is 0. The van der Waals surface area contributed by atoms with Crippen molar-refractivity contribution in [2.75, 3.05) is 33.4 Å². The lowest BCUT2D eigenvalue weighted by molar-refractivity contribution is -0.207. The highest BCUT2D eigenvalue weighted by molar-refractivity contribution is 4.50. The summed E-state index contributed by atoms with van der Waals surface area (Å²) in [5, 5.41) is 2.89. The van der Waals surface area contributed by atoms with Crippen molar-refractivity contribution in [3.8, 4) is 0 Å². The van der Waals surface area contributed by atoms with E-state index in [-0.39, 0.29) is 0 Å². The maximum Gasteiger partial charge on any atom is 0.162 e. The summed E-state index contributed by atoms with van der Waals surface area (Å²) in [4.78, 5) is 0. The molecule has 0 heterocycles. The van der Waals surface area contributed by atoms with E-state index in [4.69, 9.17) is 15.2 Å². The molecule has 0 saturated heterocycles. The van der Waals surface area contributed by atoms with E-state index in [1.165, 1.54) is 0 Å². The first-order chi connectivity index (χ1) is 6.54. The lowest BCUT2D eigenvalue weighted by Crippen LogP contribution is -2.28. The molecule has 0 aliphatic carbocycles. The van der Waals surface area contributed by atoms with E-state index in [1.807, 2.05) is 34.7 Å². The van der Waals surface area contributed by atoms with Crippen molar-refractivity contribution in [3.05, 3.63) is 0 Å². The van der Waals surface area contributed by atoms with Gasteiger partial charge in [0.25, 0.3) is 0 Å². The summed E-state index contributed by atoms with van der Waals surface area (Å²) in [7, 11) is 1.88. The predicted molar refractivity (Wildman–Crippen MR) is 60.3 cm³/mol. The molecule has 0 atom stereocenters. The molecule has 0 spiro atoms. The molecule has 0 fully saturated rings. The lowest BCUT2D eigenvalue weighted by Gasteiger charge is -2.23. The number of likely N-dealkylation sites (N-methyl/N-ethyl adjacent to an activating group) is 1. The van der Waals surface area contributed by atoms with E-state index in [9.17, 15) is 0 Å². The zero-order valence-corrected chi connectivity index (χ0v) is 10.2. The van der Waals surface area contributed by atoms with Crippen molar-refractivity contribution in [1.82, 2.24) is 5.32 Å². The standard InChI is InChI=1S/C7H16O2.C3H10N2/c1-5-8-7(3,4)9-6-2;1-5-3-2-4/h5-6H2,1-4H3;5H,2-4H2,1H3. The highest BCUT2D eigenvalue weighted by Gasteiger charge is 2.15. The van der Waals surface area contributed by atoms with Crippen LogP contribution in [0.5, 0.6) is 0 Å². The number of nitrogens with one attached hydrogen (secondary N) is 1. The van der Waals surface area contributed by atoms with E-state index in [1.54, 1.807) is 0 Å². The van der Waals surface area contributed by atoms with Gasteiger partial charge in [0.15, 0.2) is 5.79 Å². The first-order valence-corrected chi connectivity index (χ1v) is 5.16. The summed E-state index contributed by atoms with van der Waals surface area (Å²) < 4.78 is 10.5. The van der Waals surface area contributed by atoms with E-state index in [2.05, 4.69) is 5.32 Å². The summed E-state index contributed by atoms with van der Waals surface area (Å²) in [6, 6.07) is 0. The molecule has 3 N–H and O–H groups in total. The van der Waals surface area contributed by atoms with Crippen LogP contribution in [0.4, 0.5) is 0 Å². The Morgan fingerprint density at radius 2 is 1.57 bits per heavy atom. The fourth-order valence-electron chi connectivity index (χ4n) is 0.881. The first-order valence-electron chi connectivity index (χ1n) is 5.16. The molecular formula is C10H26N2O2. The second kappa shape index (κ2) is 10.9. The molecular weight excluding hydrogens is 180 g/mol. The van der Waals surface area contributed by atoms with Crippen LogP contribution in [0.15, 0.2) is 0 Å². The molecule has 4 heteroatoms. The van der Waals surface area contributed by atoms with E-state index >= 15 is 0 Å². The molecule has 0 saturated carbocycles. The predicted octanol–water partition coefficient (Wildman–Crippen LogP) is 0.960. The highest BCUT2D eigenvalue weighted by Crippen LogP contribution is 2.09. The van der Waals surface area contributed by atoms with Crippen LogP contribution >= 0.6 is 0 Å². The molecule has 0 aromatic heterocycles. The topological polar surface area (TPSA) is 56.5 Å². The van der Waals surface area contributed by atoms with Crippen LogP contribution in [0.25, 0.3) is 0 Å². The molecule has 0 amide bonds. The fraction of sp³-hybridized carbons (Fsp3) is 1.00. The second-order valence-electron chi connectivity index (χ2n) is 3.16. The first kappa shape index (κ1) is 16.3. The van der Waals surface area contributed by atoms with Gasteiger partial charge in [-0.15, -0.1) is 0 Å². The normalized spacial score (nSPS) is 10.7. The zero-order chi connectivity index (χ0) is 11.4. The summed E-state index contributed by atoms with van der Waals surface area (Å²) >= 11 is 0. The number of hydrogen-bond donors (Lipinski definition) is 2. The van der Waals surface area contributed by atoms with Crippen molar-refractivity contribution in [3.63, 3.8) is 0 Å². The Morgan fingerprint density at radius 1 is 1.14 bits per heavy atom. The molecule has 0 aliphatic rings. The molecule has 14 heavy (non-hydrogen) atoms. The van der Waals surface area contributed by atoms with Crippen LogP contribution in [-0.2, 0) is 9.47 Å². The number of hydrogen-bond acceptors (Lipinski definition) is 4. The third kappa shape index (κ3) is 14.4. The Labute approximate surface area is 88.1 Å². The minimum atomic E-state index is -0.399. The van der Waals surface area contributed by atoms with Gasteiger partial charge in [-0.2, -0.15) is 0 Å². The van der Waals surface area contributed by atoms with Crippen molar-refractivity contribution in [2.24, 2.45) is 5.73 Å². The molecule has 0 aromatic rings. The van der Waals surface area contributed by atoms with Crippen LogP contribution in [0, 0.1) is 0 Å². The van der Waals surface area contributed by atoms with Gasteiger partial charge in [0, 0.05) is 26.3 Å². The highest BCUT2D eigenvalue weighted by atomic mass is 16.7. The van der Waals surface area contributed by atoms with Gasteiger partial charge in [-0.1, -0.05) is 0 Å². The van der Waals surface area contributed by atoms with Gasteiger partial charge < -0.3 is 20.5 Å². The van der Waals surface area contributed by atoms with Gasteiger partial charge in [0.1, 0.15) is 0 Å². The fourth-order valence-corrected chi connectivity index (χ4v) is 0.881. The van der Waals surface area contributed by atoms with E-state index in [0.717, 1.165) is 13.1 Å². The number of rotatable bonds is 6.